The summed E-state index contributed by atoms with van der Waals surface area (Å²) in [5.41, 5.74) is 4.26. The van der Waals surface area contributed by atoms with Gasteiger partial charge in [-0.05, 0) is 64.7 Å². The fraction of sp³-hybridized carbons (Fsp3) is 0.160. The second-order valence-corrected chi connectivity index (χ2v) is 6.47. The first-order chi connectivity index (χ1) is 14.6. The molecular weight excluding hydrogens is 380 g/mol. The number of ether oxygens (including phenoxy) is 4. The summed E-state index contributed by atoms with van der Waals surface area (Å²) in [5, 5.41) is 0. The van der Waals surface area contributed by atoms with Crippen molar-refractivity contribution in [2.24, 2.45) is 0 Å². The number of hydrogen-bond acceptors (Lipinski definition) is 5. The highest BCUT2D eigenvalue weighted by atomic mass is 16.5. The standard InChI is InChI=1S/C25H24O5/c1-27-20-10-5-17(6-11-20)15-23(18-7-12-21(28-2)13-8-18)19-9-14-22(25(26)30-4)24(16-19)29-3/h5-16H,1-4H3/b23-15+. The van der Waals surface area contributed by atoms with E-state index in [9.17, 15) is 4.79 Å². The Balaban J connectivity index is 2.12. The third kappa shape index (κ3) is 4.63. The minimum absolute atomic E-state index is 0.377. The van der Waals surface area contributed by atoms with Gasteiger partial charge in [0.05, 0.1) is 28.4 Å². The summed E-state index contributed by atoms with van der Waals surface area (Å²) in [6.45, 7) is 0. The van der Waals surface area contributed by atoms with Crippen molar-refractivity contribution < 1.29 is 23.7 Å². The topological polar surface area (TPSA) is 54.0 Å². The maximum absolute atomic E-state index is 12.0. The summed E-state index contributed by atoms with van der Waals surface area (Å²) in [6, 6.07) is 21.1. The summed E-state index contributed by atoms with van der Waals surface area (Å²) >= 11 is 0. The molecule has 0 atom stereocenters. The normalized spacial score (nSPS) is 11.0. The van der Waals surface area contributed by atoms with Gasteiger partial charge in [-0.2, -0.15) is 0 Å². The quantitative estimate of drug-likeness (QED) is 0.406. The van der Waals surface area contributed by atoms with E-state index < -0.39 is 5.97 Å². The zero-order chi connectivity index (χ0) is 21.5. The van der Waals surface area contributed by atoms with Crippen LogP contribution in [0.5, 0.6) is 17.2 Å². The average Bonchev–Trinajstić information content (AvgIpc) is 2.82. The van der Waals surface area contributed by atoms with Gasteiger partial charge in [-0.3, -0.25) is 0 Å². The molecule has 0 amide bonds. The van der Waals surface area contributed by atoms with Crippen LogP contribution in [0.2, 0.25) is 0 Å². The number of benzene rings is 3. The van der Waals surface area contributed by atoms with Crippen molar-refractivity contribution in [3.05, 3.63) is 89.0 Å². The van der Waals surface area contributed by atoms with Crippen LogP contribution in [0.25, 0.3) is 11.6 Å². The molecule has 0 aliphatic heterocycles. The van der Waals surface area contributed by atoms with Crippen LogP contribution in [0.4, 0.5) is 0 Å². The Labute approximate surface area is 176 Å². The molecule has 0 N–H and O–H groups in total. The van der Waals surface area contributed by atoms with E-state index in [0.29, 0.717) is 11.3 Å². The van der Waals surface area contributed by atoms with Gasteiger partial charge >= 0.3 is 5.97 Å². The lowest BCUT2D eigenvalue weighted by atomic mass is 9.94. The van der Waals surface area contributed by atoms with Crippen molar-refractivity contribution in [3.8, 4) is 17.2 Å². The van der Waals surface area contributed by atoms with Crippen molar-refractivity contribution in [1.29, 1.82) is 0 Å². The van der Waals surface area contributed by atoms with Crippen LogP contribution in [-0.2, 0) is 4.74 Å². The number of esters is 1. The molecule has 0 heterocycles. The Hall–Kier alpha value is -3.73. The summed E-state index contributed by atoms with van der Waals surface area (Å²) < 4.78 is 20.8. The van der Waals surface area contributed by atoms with E-state index in [-0.39, 0.29) is 0 Å². The molecule has 0 spiro atoms. The summed E-state index contributed by atoms with van der Waals surface area (Å²) in [5.74, 6) is 1.58. The largest absolute Gasteiger partial charge is 0.497 e. The fourth-order valence-electron chi connectivity index (χ4n) is 3.11. The predicted molar refractivity (Wildman–Crippen MR) is 117 cm³/mol. The summed E-state index contributed by atoms with van der Waals surface area (Å²) in [7, 11) is 6.16. The molecule has 3 aromatic rings. The predicted octanol–water partition coefficient (Wildman–Crippen LogP) is 5.09. The molecule has 30 heavy (non-hydrogen) atoms. The number of methoxy groups -OCH3 is 4. The number of rotatable bonds is 7. The van der Waals surface area contributed by atoms with Crippen LogP contribution < -0.4 is 14.2 Å². The number of carbonyl (C=O) groups excluding carboxylic acids is 1. The van der Waals surface area contributed by atoms with Crippen LogP contribution >= 0.6 is 0 Å². The van der Waals surface area contributed by atoms with E-state index in [4.69, 9.17) is 18.9 Å². The lowest BCUT2D eigenvalue weighted by Gasteiger charge is -2.13. The van der Waals surface area contributed by atoms with Crippen molar-refractivity contribution in [2.45, 2.75) is 0 Å². The monoisotopic (exact) mass is 404 g/mol. The first kappa shape index (κ1) is 21.0. The molecule has 3 rings (SSSR count). The first-order valence-electron chi connectivity index (χ1n) is 9.36. The number of hydrogen-bond donors (Lipinski definition) is 0. The van der Waals surface area contributed by atoms with Gasteiger partial charge in [0.2, 0.25) is 0 Å². The van der Waals surface area contributed by atoms with Gasteiger partial charge in [-0.25, -0.2) is 4.79 Å². The van der Waals surface area contributed by atoms with Crippen LogP contribution in [0.1, 0.15) is 27.0 Å². The van der Waals surface area contributed by atoms with Gasteiger partial charge in [0.25, 0.3) is 0 Å². The molecule has 3 aromatic carbocycles. The van der Waals surface area contributed by atoms with Crippen LogP contribution in [-0.4, -0.2) is 34.4 Å². The van der Waals surface area contributed by atoms with Gasteiger partial charge in [0, 0.05) is 0 Å². The Morgan fingerprint density at radius 1 is 0.700 bits per heavy atom. The van der Waals surface area contributed by atoms with Crippen LogP contribution in [0, 0.1) is 0 Å². The van der Waals surface area contributed by atoms with Crippen molar-refractivity contribution >= 4 is 17.6 Å². The summed E-state index contributed by atoms with van der Waals surface area (Å²) in [4.78, 5) is 12.0. The van der Waals surface area contributed by atoms with Gasteiger partial charge in [0.1, 0.15) is 22.8 Å². The van der Waals surface area contributed by atoms with Gasteiger partial charge in [-0.1, -0.05) is 30.3 Å². The van der Waals surface area contributed by atoms with E-state index in [1.165, 1.54) is 14.2 Å². The van der Waals surface area contributed by atoms with E-state index >= 15 is 0 Å². The van der Waals surface area contributed by atoms with Crippen LogP contribution in [0.15, 0.2) is 66.7 Å². The lowest BCUT2D eigenvalue weighted by Crippen LogP contribution is -2.04. The highest BCUT2D eigenvalue weighted by molar-refractivity contribution is 5.96. The summed E-state index contributed by atoms with van der Waals surface area (Å²) in [6.07, 6.45) is 2.08. The Bertz CT molecular complexity index is 1030. The van der Waals surface area contributed by atoms with Crippen molar-refractivity contribution in [2.75, 3.05) is 28.4 Å². The average molecular weight is 404 g/mol. The molecule has 0 unspecified atom stereocenters. The fourth-order valence-corrected chi connectivity index (χ4v) is 3.11. The van der Waals surface area contributed by atoms with E-state index in [2.05, 4.69) is 6.08 Å². The molecular formula is C25H24O5. The zero-order valence-electron chi connectivity index (χ0n) is 17.5. The van der Waals surface area contributed by atoms with Crippen LogP contribution in [0.3, 0.4) is 0 Å². The van der Waals surface area contributed by atoms with Gasteiger partial charge in [0.15, 0.2) is 0 Å². The van der Waals surface area contributed by atoms with Crippen molar-refractivity contribution in [3.63, 3.8) is 0 Å². The molecule has 5 heteroatoms. The van der Waals surface area contributed by atoms with Gasteiger partial charge in [-0.15, -0.1) is 0 Å². The third-order valence-electron chi connectivity index (χ3n) is 4.75. The maximum atomic E-state index is 12.0. The minimum atomic E-state index is -0.441. The molecule has 0 fully saturated rings. The SMILES string of the molecule is COC(=O)c1ccc(/C(=C/c2ccc(OC)cc2)c2ccc(OC)cc2)cc1OC. The molecule has 0 aliphatic rings. The first-order valence-corrected chi connectivity index (χ1v) is 9.36. The van der Waals surface area contributed by atoms with E-state index in [0.717, 1.165) is 33.8 Å². The molecule has 0 radical (unpaired) electrons. The molecule has 0 saturated heterocycles. The smallest absolute Gasteiger partial charge is 0.341 e. The van der Waals surface area contributed by atoms with Gasteiger partial charge < -0.3 is 18.9 Å². The maximum Gasteiger partial charge on any atom is 0.341 e. The number of carbonyl (C=O) groups is 1. The molecule has 0 aliphatic carbocycles. The molecule has 5 nitrogen and oxygen atoms in total. The Kier molecular flexibility index (Phi) is 6.75. The highest BCUT2D eigenvalue weighted by Gasteiger charge is 2.15. The van der Waals surface area contributed by atoms with E-state index in [1.807, 2.05) is 60.7 Å². The van der Waals surface area contributed by atoms with E-state index in [1.54, 1.807) is 20.3 Å². The third-order valence-corrected chi connectivity index (χ3v) is 4.75. The minimum Gasteiger partial charge on any atom is -0.497 e. The van der Waals surface area contributed by atoms with Crippen molar-refractivity contribution in [1.82, 2.24) is 0 Å². The molecule has 154 valence electrons. The Morgan fingerprint density at radius 2 is 1.27 bits per heavy atom. The Morgan fingerprint density at radius 3 is 1.80 bits per heavy atom. The second kappa shape index (κ2) is 9.65. The molecule has 0 bridgehead atoms. The lowest BCUT2D eigenvalue weighted by molar-refractivity contribution is 0.0597. The highest BCUT2D eigenvalue weighted by Crippen LogP contribution is 2.32. The second-order valence-electron chi connectivity index (χ2n) is 6.47. The molecule has 0 aromatic heterocycles. The molecule has 0 saturated carbocycles. The zero-order valence-corrected chi connectivity index (χ0v) is 17.5.